The van der Waals surface area contributed by atoms with Crippen LogP contribution >= 0.6 is 0 Å². The Morgan fingerprint density at radius 3 is 2.74 bits per heavy atom. The van der Waals surface area contributed by atoms with Crippen molar-refractivity contribution in [1.82, 2.24) is 14.5 Å². The van der Waals surface area contributed by atoms with Crippen LogP contribution in [0.3, 0.4) is 0 Å². The fraction of sp³-hybridized carbons (Fsp3) is 0.333. The number of anilines is 1. The molecule has 0 aromatic carbocycles. The fourth-order valence-corrected chi connectivity index (χ4v) is 1.79. The van der Waals surface area contributed by atoms with Crippen molar-refractivity contribution in [3.63, 3.8) is 0 Å². The number of imidazole rings is 1. The first-order chi connectivity index (χ1) is 8.99. The van der Waals surface area contributed by atoms with E-state index >= 15 is 0 Å². The van der Waals surface area contributed by atoms with Gasteiger partial charge in [-0.3, -0.25) is 10.1 Å². The van der Waals surface area contributed by atoms with Crippen LogP contribution in [-0.2, 0) is 13.6 Å². The molecular weight excluding hydrogens is 246 g/mol. The maximum absolute atomic E-state index is 10.7. The van der Waals surface area contributed by atoms with E-state index in [0.29, 0.717) is 18.1 Å². The van der Waals surface area contributed by atoms with Gasteiger partial charge in [0.05, 0.1) is 11.5 Å². The second-order valence-electron chi connectivity index (χ2n) is 4.34. The van der Waals surface area contributed by atoms with Crippen molar-refractivity contribution in [2.45, 2.75) is 13.5 Å². The topological polar surface area (TPSA) is 77.1 Å². The van der Waals surface area contributed by atoms with Crippen LogP contribution in [0.2, 0.25) is 0 Å². The van der Waals surface area contributed by atoms with Crippen LogP contribution < -0.4 is 4.90 Å². The lowest BCUT2D eigenvalue weighted by atomic mass is 10.3. The molecule has 0 unspecified atom stereocenters. The van der Waals surface area contributed by atoms with E-state index in [9.17, 15) is 10.1 Å². The standard InChI is InChI=1S/C12H15N5O2/c1-9-10(17(18)19)4-5-11(14-9)16(3)8-12-13-6-7-15(12)2/h4-7H,8H2,1-3H3. The Kier molecular flexibility index (Phi) is 3.46. The van der Waals surface area contributed by atoms with Crippen molar-refractivity contribution in [3.05, 3.63) is 46.2 Å². The van der Waals surface area contributed by atoms with Crippen molar-refractivity contribution in [3.8, 4) is 0 Å². The number of aryl methyl sites for hydroxylation is 2. The summed E-state index contributed by atoms with van der Waals surface area (Å²) in [5, 5.41) is 10.7. The molecule has 19 heavy (non-hydrogen) atoms. The van der Waals surface area contributed by atoms with Gasteiger partial charge in [-0.05, 0) is 13.0 Å². The Balaban J connectivity index is 2.20. The van der Waals surface area contributed by atoms with Crippen LogP contribution in [0.5, 0.6) is 0 Å². The molecule has 0 aliphatic rings. The van der Waals surface area contributed by atoms with E-state index in [1.165, 1.54) is 6.07 Å². The van der Waals surface area contributed by atoms with E-state index in [0.717, 1.165) is 5.82 Å². The van der Waals surface area contributed by atoms with Gasteiger partial charge < -0.3 is 9.47 Å². The van der Waals surface area contributed by atoms with Gasteiger partial charge in [-0.25, -0.2) is 9.97 Å². The number of hydrogen-bond donors (Lipinski definition) is 0. The minimum absolute atomic E-state index is 0.0362. The van der Waals surface area contributed by atoms with Crippen LogP contribution in [0.15, 0.2) is 24.5 Å². The van der Waals surface area contributed by atoms with Gasteiger partial charge in [0.25, 0.3) is 5.69 Å². The molecule has 0 saturated carbocycles. The van der Waals surface area contributed by atoms with Crippen molar-refractivity contribution >= 4 is 11.5 Å². The second-order valence-corrected chi connectivity index (χ2v) is 4.34. The van der Waals surface area contributed by atoms with E-state index < -0.39 is 4.92 Å². The summed E-state index contributed by atoms with van der Waals surface area (Å²) in [6.45, 7) is 2.23. The molecule has 0 amide bonds. The van der Waals surface area contributed by atoms with Gasteiger partial charge >= 0.3 is 0 Å². The summed E-state index contributed by atoms with van der Waals surface area (Å²) < 4.78 is 1.93. The summed E-state index contributed by atoms with van der Waals surface area (Å²) in [6.07, 6.45) is 3.61. The van der Waals surface area contributed by atoms with Crippen LogP contribution in [0, 0.1) is 17.0 Å². The van der Waals surface area contributed by atoms with Crippen molar-refractivity contribution in [2.24, 2.45) is 7.05 Å². The minimum atomic E-state index is -0.426. The molecule has 0 fully saturated rings. The Labute approximate surface area is 110 Å². The number of nitro groups is 1. The Bertz CT molecular complexity index is 608. The van der Waals surface area contributed by atoms with E-state index in [-0.39, 0.29) is 5.69 Å². The number of nitrogens with zero attached hydrogens (tertiary/aromatic N) is 5. The van der Waals surface area contributed by atoms with Gasteiger partial charge in [-0.1, -0.05) is 0 Å². The first-order valence-electron chi connectivity index (χ1n) is 5.78. The molecule has 0 N–H and O–H groups in total. The lowest BCUT2D eigenvalue weighted by molar-refractivity contribution is -0.385. The molecule has 100 valence electrons. The SMILES string of the molecule is Cc1nc(N(C)Cc2nccn2C)ccc1[N+](=O)[O-]. The molecule has 0 bridgehead atoms. The molecule has 2 aromatic rings. The number of hydrogen-bond acceptors (Lipinski definition) is 5. The highest BCUT2D eigenvalue weighted by Gasteiger charge is 2.14. The molecule has 7 nitrogen and oxygen atoms in total. The number of rotatable bonds is 4. The van der Waals surface area contributed by atoms with Crippen molar-refractivity contribution in [2.75, 3.05) is 11.9 Å². The third kappa shape index (κ3) is 2.70. The van der Waals surface area contributed by atoms with Gasteiger partial charge in [-0.15, -0.1) is 0 Å². The van der Waals surface area contributed by atoms with Crippen molar-refractivity contribution < 1.29 is 4.92 Å². The average Bonchev–Trinajstić information content (AvgIpc) is 2.74. The summed E-state index contributed by atoms with van der Waals surface area (Å²) >= 11 is 0. The predicted molar refractivity (Wildman–Crippen MR) is 70.9 cm³/mol. The summed E-state index contributed by atoms with van der Waals surface area (Å²) in [6, 6.07) is 3.13. The van der Waals surface area contributed by atoms with E-state index in [1.54, 1.807) is 19.2 Å². The van der Waals surface area contributed by atoms with Crippen molar-refractivity contribution in [1.29, 1.82) is 0 Å². The molecule has 2 aromatic heterocycles. The maximum Gasteiger partial charge on any atom is 0.290 e. The molecule has 0 aliphatic heterocycles. The van der Waals surface area contributed by atoms with Gasteiger partial charge in [0.1, 0.15) is 17.3 Å². The second kappa shape index (κ2) is 5.05. The summed E-state index contributed by atoms with van der Waals surface area (Å²) in [4.78, 5) is 20.7. The smallest absolute Gasteiger partial charge is 0.290 e. The summed E-state index contributed by atoms with van der Waals surface area (Å²) in [5.41, 5.74) is 0.448. The van der Waals surface area contributed by atoms with Gasteiger partial charge in [0.15, 0.2) is 0 Å². The Morgan fingerprint density at radius 1 is 1.47 bits per heavy atom. The zero-order chi connectivity index (χ0) is 14.0. The highest BCUT2D eigenvalue weighted by Crippen LogP contribution is 2.20. The highest BCUT2D eigenvalue weighted by molar-refractivity contribution is 5.46. The average molecular weight is 261 g/mol. The minimum Gasteiger partial charge on any atom is -0.352 e. The molecule has 0 spiro atoms. The molecule has 2 heterocycles. The Morgan fingerprint density at radius 2 is 2.21 bits per heavy atom. The summed E-state index contributed by atoms with van der Waals surface area (Å²) in [7, 11) is 3.80. The number of pyridine rings is 1. The lowest BCUT2D eigenvalue weighted by Crippen LogP contribution is -2.20. The molecule has 7 heteroatoms. The molecular formula is C12H15N5O2. The van der Waals surface area contributed by atoms with Crippen LogP contribution in [0.1, 0.15) is 11.5 Å². The molecule has 0 saturated heterocycles. The van der Waals surface area contributed by atoms with E-state index in [2.05, 4.69) is 9.97 Å². The third-order valence-electron chi connectivity index (χ3n) is 2.93. The summed E-state index contributed by atoms with van der Waals surface area (Å²) in [5.74, 6) is 1.59. The van der Waals surface area contributed by atoms with Crippen LogP contribution in [0.4, 0.5) is 11.5 Å². The first-order valence-corrected chi connectivity index (χ1v) is 5.78. The highest BCUT2D eigenvalue weighted by atomic mass is 16.6. The van der Waals surface area contributed by atoms with E-state index in [4.69, 9.17) is 0 Å². The monoisotopic (exact) mass is 261 g/mol. The largest absolute Gasteiger partial charge is 0.352 e. The predicted octanol–water partition coefficient (Wildman–Crippen LogP) is 1.67. The van der Waals surface area contributed by atoms with Crippen LogP contribution in [0.25, 0.3) is 0 Å². The third-order valence-corrected chi connectivity index (χ3v) is 2.93. The fourth-order valence-electron chi connectivity index (χ4n) is 1.79. The molecule has 0 aliphatic carbocycles. The van der Waals surface area contributed by atoms with Crippen LogP contribution in [-0.4, -0.2) is 26.5 Å². The van der Waals surface area contributed by atoms with Gasteiger partial charge in [-0.2, -0.15) is 0 Å². The Hall–Kier alpha value is -2.44. The molecule has 0 radical (unpaired) electrons. The maximum atomic E-state index is 10.7. The zero-order valence-electron chi connectivity index (χ0n) is 11.1. The zero-order valence-corrected chi connectivity index (χ0v) is 11.1. The van der Waals surface area contributed by atoms with Gasteiger partial charge in [0, 0.05) is 32.6 Å². The molecule has 0 atom stereocenters. The quantitative estimate of drug-likeness (QED) is 0.618. The molecule has 2 rings (SSSR count). The van der Waals surface area contributed by atoms with Gasteiger partial charge in [0.2, 0.25) is 0 Å². The lowest BCUT2D eigenvalue weighted by Gasteiger charge is -2.18. The first kappa shape index (κ1) is 13.0. The van der Waals surface area contributed by atoms with E-state index in [1.807, 2.05) is 29.8 Å². The number of aromatic nitrogens is 3. The normalized spacial score (nSPS) is 10.5.